The first-order valence-corrected chi connectivity index (χ1v) is 12.7. The molecule has 40 heavy (non-hydrogen) atoms. The van der Waals surface area contributed by atoms with Gasteiger partial charge in [-0.3, -0.25) is 9.59 Å². The van der Waals surface area contributed by atoms with Crippen LogP contribution >= 0.6 is 0 Å². The number of nitrogens with one attached hydrogen (secondary N) is 2. The summed E-state index contributed by atoms with van der Waals surface area (Å²) in [5, 5.41) is 6.38. The van der Waals surface area contributed by atoms with Crippen molar-refractivity contribution in [2.75, 3.05) is 28.4 Å². The lowest BCUT2D eigenvalue weighted by molar-refractivity contribution is -0.212. The highest BCUT2D eigenvalue weighted by molar-refractivity contribution is 6.00. The summed E-state index contributed by atoms with van der Waals surface area (Å²) in [6, 6.07) is 16.1. The predicted molar refractivity (Wildman–Crippen MR) is 141 cm³/mol. The summed E-state index contributed by atoms with van der Waals surface area (Å²) in [5.41, 5.74) is -1.39. The van der Waals surface area contributed by atoms with E-state index in [1.165, 1.54) is 40.8 Å². The first-order valence-electron chi connectivity index (χ1n) is 12.7. The van der Waals surface area contributed by atoms with Crippen molar-refractivity contribution >= 4 is 23.9 Å². The molecule has 0 unspecified atom stereocenters. The Kier molecular flexibility index (Phi) is 6.87. The number of fused-ring (bicyclic) bond motifs is 4. The van der Waals surface area contributed by atoms with Crippen LogP contribution < -0.4 is 10.6 Å². The van der Waals surface area contributed by atoms with Gasteiger partial charge in [-0.15, -0.1) is 0 Å². The summed E-state index contributed by atoms with van der Waals surface area (Å²) < 4.78 is 21.0. The van der Waals surface area contributed by atoms with Crippen LogP contribution in [0.4, 0.5) is 0 Å². The van der Waals surface area contributed by atoms with E-state index in [9.17, 15) is 19.2 Å². The second-order valence-electron chi connectivity index (χ2n) is 9.92. The number of rotatable bonds is 6. The number of carbonyl (C=O) groups excluding carboxylic acids is 4. The second kappa shape index (κ2) is 10.2. The van der Waals surface area contributed by atoms with Gasteiger partial charge >= 0.3 is 23.9 Å². The second-order valence-corrected chi connectivity index (χ2v) is 9.92. The van der Waals surface area contributed by atoms with E-state index in [1.54, 1.807) is 48.5 Å². The van der Waals surface area contributed by atoms with Gasteiger partial charge in [0.1, 0.15) is 10.8 Å². The molecule has 1 fully saturated rings. The van der Waals surface area contributed by atoms with Gasteiger partial charge in [0.25, 0.3) is 0 Å². The number of hydrogen-bond acceptors (Lipinski definition) is 10. The summed E-state index contributed by atoms with van der Waals surface area (Å²) in [6.45, 7) is 0. The van der Waals surface area contributed by atoms with Gasteiger partial charge in [0, 0.05) is 24.2 Å². The topological polar surface area (TPSA) is 129 Å². The Bertz CT molecular complexity index is 1290. The number of hydrogen-bond donors (Lipinski definition) is 2. The van der Waals surface area contributed by atoms with Crippen LogP contribution in [0.2, 0.25) is 0 Å². The maximum atomic E-state index is 14.1. The molecule has 1 saturated carbocycles. The third-order valence-corrected chi connectivity index (χ3v) is 8.48. The van der Waals surface area contributed by atoms with Crippen molar-refractivity contribution in [3.05, 3.63) is 95.3 Å². The van der Waals surface area contributed by atoms with Gasteiger partial charge in [-0.2, -0.15) is 0 Å². The standard InChI is InChI=1S/C30H30N2O8/c1-37-23(33)19-15-31-25-29(27(35)39-3,21(19)17-11-7-5-8-12-17)26-30(25,28(36)40-4)22(18-13-9-6-10-14-18)20(16-32-26)24(34)38-2/h5-16,21-22,25-26,31-32H,1-4H3/t21-,22-,25?,26?,29?,30?/m0/s1. The Labute approximate surface area is 231 Å². The molecule has 0 spiro atoms. The third-order valence-electron chi connectivity index (χ3n) is 8.48. The van der Waals surface area contributed by atoms with Gasteiger partial charge in [-0.1, -0.05) is 60.7 Å². The number of ether oxygens (including phenoxy) is 4. The fourth-order valence-electron chi connectivity index (χ4n) is 7.12. The number of carbonyl (C=O) groups is 4. The summed E-state index contributed by atoms with van der Waals surface area (Å²) in [7, 11) is 5.05. The summed E-state index contributed by atoms with van der Waals surface area (Å²) in [4.78, 5) is 54.4. The summed E-state index contributed by atoms with van der Waals surface area (Å²) in [6.07, 6.45) is 2.96. The van der Waals surface area contributed by atoms with E-state index in [0.29, 0.717) is 11.1 Å². The van der Waals surface area contributed by atoms with Gasteiger partial charge in [-0.05, 0) is 11.1 Å². The molecule has 2 aromatic carbocycles. The molecule has 2 N–H and O–H groups in total. The van der Waals surface area contributed by atoms with E-state index >= 15 is 0 Å². The minimum absolute atomic E-state index is 0.189. The molecule has 0 radical (unpaired) electrons. The molecule has 2 heterocycles. The third kappa shape index (κ3) is 3.41. The van der Waals surface area contributed by atoms with Crippen LogP contribution in [-0.4, -0.2) is 64.4 Å². The van der Waals surface area contributed by atoms with E-state index in [2.05, 4.69) is 10.6 Å². The van der Waals surface area contributed by atoms with Crippen molar-refractivity contribution in [3.63, 3.8) is 0 Å². The van der Waals surface area contributed by atoms with E-state index in [1.807, 2.05) is 12.1 Å². The minimum atomic E-state index is -1.53. The Balaban J connectivity index is 1.85. The number of methoxy groups -OCH3 is 4. The molecular weight excluding hydrogens is 516 g/mol. The Morgan fingerprint density at radius 1 is 0.575 bits per heavy atom. The van der Waals surface area contributed by atoms with Gasteiger partial charge in [0.15, 0.2) is 0 Å². The molecule has 10 heteroatoms. The van der Waals surface area contributed by atoms with Crippen LogP contribution in [0, 0.1) is 10.8 Å². The van der Waals surface area contributed by atoms with Crippen LogP contribution in [0.15, 0.2) is 84.2 Å². The van der Waals surface area contributed by atoms with E-state index in [-0.39, 0.29) is 11.1 Å². The monoisotopic (exact) mass is 546 g/mol. The van der Waals surface area contributed by atoms with Crippen molar-refractivity contribution in [2.45, 2.75) is 23.9 Å². The van der Waals surface area contributed by atoms with Crippen LogP contribution in [-0.2, 0) is 38.1 Å². The van der Waals surface area contributed by atoms with E-state index in [4.69, 9.17) is 18.9 Å². The lowest BCUT2D eigenvalue weighted by Gasteiger charge is -2.71. The largest absolute Gasteiger partial charge is 0.468 e. The van der Waals surface area contributed by atoms with Gasteiger partial charge in [-0.25, -0.2) is 9.59 Å². The first kappa shape index (κ1) is 27.0. The first-order chi connectivity index (χ1) is 19.3. The average Bonchev–Trinajstić information content (AvgIpc) is 3.01. The fraction of sp³-hybridized carbons (Fsp3) is 0.333. The SMILES string of the molecule is COC(=O)C1=CNC2C(C(=O)OC)(C3NC=C(C(=O)OC)[C@H](c4ccccc4)C23C(=O)OC)[C@H]1c1ccccc1. The summed E-state index contributed by atoms with van der Waals surface area (Å²) in [5.74, 6) is -4.32. The molecule has 208 valence electrons. The fourth-order valence-corrected chi connectivity index (χ4v) is 7.12. The molecule has 0 bridgehead atoms. The van der Waals surface area contributed by atoms with E-state index in [0.717, 1.165) is 0 Å². The van der Waals surface area contributed by atoms with Gasteiger partial charge < -0.3 is 29.6 Å². The molecule has 0 atom stereocenters. The molecule has 0 amide bonds. The summed E-state index contributed by atoms with van der Waals surface area (Å²) >= 11 is 0. The highest BCUT2D eigenvalue weighted by Gasteiger charge is 2.85. The lowest BCUT2D eigenvalue weighted by atomic mass is 9.34. The molecule has 3 aliphatic rings. The average molecular weight is 547 g/mol. The molecule has 0 aromatic heterocycles. The molecule has 2 aliphatic heterocycles. The van der Waals surface area contributed by atoms with Gasteiger partial charge in [0.05, 0.1) is 51.7 Å². The lowest BCUT2D eigenvalue weighted by Crippen LogP contribution is -2.88. The van der Waals surface area contributed by atoms with Crippen molar-refractivity contribution in [1.82, 2.24) is 10.6 Å². The van der Waals surface area contributed by atoms with Crippen LogP contribution in [0.25, 0.3) is 0 Å². The van der Waals surface area contributed by atoms with Crippen molar-refractivity contribution in [1.29, 1.82) is 0 Å². The maximum absolute atomic E-state index is 14.1. The molecule has 1 aliphatic carbocycles. The van der Waals surface area contributed by atoms with Gasteiger partial charge in [0.2, 0.25) is 0 Å². The Hall–Kier alpha value is -4.60. The zero-order valence-corrected chi connectivity index (χ0v) is 22.5. The Morgan fingerprint density at radius 2 is 0.925 bits per heavy atom. The highest BCUT2D eigenvalue weighted by atomic mass is 16.5. The quantitative estimate of drug-likeness (QED) is 0.410. The predicted octanol–water partition coefficient (Wildman–Crippen LogP) is 1.94. The number of esters is 4. The Morgan fingerprint density at radius 3 is 1.23 bits per heavy atom. The molecule has 0 saturated heterocycles. The zero-order chi connectivity index (χ0) is 28.7. The molecule has 2 aromatic rings. The molecule has 10 nitrogen and oxygen atoms in total. The number of benzene rings is 2. The highest BCUT2D eigenvalue weighted by Crippen LogP contribution is 2.71. The minimum Gasteiger partial charge on any atom is -0.468 e. The smallest absolute Gasteiger partial charge is 0.335 e. The van der Waals surface area contributed by atoms with Crippen LogP contribution in [0.5, 0.6) is 0 Å². The van der Waals surface area contributed by atoms with Crippen molar-refractivity contribution < 1.29 is 38.1 Å². The zero-order valence-electron chi connectivity index (χ0n) is 22.5. The normalized spacial score (nSPS) is 29.8. The van der Waals surface area contributed by atoms with Crippen molar-refractivity contribution in [3.8, 4) is 0 Å². The van der Waals surface area contributed by atoms with E-state index < -0.39 is 58.6 Å². The van der Waals surface area contributed by atoms with Crippen molar-refractivity contribution in [2.24, 2.45) is 10.8 Å². The molecular formula is C30H30N2O8. The molecule has 5 rings (SSSR count). The van der Waals surface area contributed by atoms with Crippen LogP contribution in [0.3, 0.4) is 0 Å². The maximum Gasteiger partial charge on any atom is 0.335 e. The van der Waals surface area contributed by atoms with Crippen LogP contribution in [0.1, 0.15) is 23.0 Å².